The summed E-state index contributed by atoms with van der Waals surface area (Å²) in [4.78, 5) is 13.5. The predicted octanol–water partition coefficient (Wildman–Crippen LogP) is 1.63. The Morgan fingerprint density at radius 3 is 2.60 bits per heavy atom. The van der Waals surface area contributed by atoms with E-state index in [1.54, 1.807) is 0 Å². The van der Waals surface area contributed by atoms with E-state index < -0.39 is 34.7 Å². The summed E-state index contributed by atoms with van der Waals surface area (Å²) in [5.74, 6) is -6.83. The Kier molecular flexibility index (Phi) is 3.64. The monoisotopic (exact) mass is 288 g/mol. The first kappa shape index (κ1) is 14.6. The van der Waals surface area contributed by atoms with E-state index >= 15 is 0 Å². The van der Waals surface area contributed by atoms with Crippen molar-refractivity contribution in [2.45, 2.75) is 19.4 Å². The summed E-state index contributed by atoms with van der Waals surface area (Å²) in [6, 6.07) is 0.474. The molecule has 7 heteroatoms. The molecule has 2 rings (SSSR count). The van der Waals surface area contributed by atoms with Crippen LogP contribution in [-0.2, 0) is 0 Å². The second-order valence-corrected chi connectivity index (χ2v) is 5.42. The van der Waals surface area contributed by atoms with Gasteiger partial charge in [-0.2, -0.15) is 4.39 Å². The number of phenols is 1. The zero-order valence-electron chi connectivity index (χ0n) is 11.1. The molecule has 1 heterocycles. The summed E-state index contributed by atoms with van der Waals surface area (Å²) in [5, 5.41) is 12.3. The van der Waals surface area contributed by atoms with Gasteiger partial charge in [0.2, 0.25) is 5.82 Å². The summed E-state index contributed by atoms with van der Waals surface area (Å²) in [6.45, 7) is 4.86. The number of carbonyl (C=O) groups excluding carboxylic acids is 1. The number of benzene rings is 1. The molecule has 0 aliphatic carbocycles. The number of phenolic OH excluding ortho intramolecular Hbond substituents is 1. The fraction of sp³-hybridized carbons (Fsp3) is 0.462. The standard InChI is InChI=1S/C13H15F3N2O2/c1-13(2)6-18(4-3-17-13)12(20)7-5-8(14)10(16)11(19)9(7)15/h5,17,19H,3-4,6H2,1-2H3. The van der Waals surface area contributed by atoms with Crippen molar-refractivity contribution < 1.29 is 23.1 Å². The average molecular weight is 288 g/mol. The van der Waals surface area contributed by atoms with Crippen LogP contribution in [0.5, 0.6) is 5.75 Å². The van der Waals surface area contributed by atoms with Crippen LogP contribution in [-0.4, -0.2) is 41.1 Å². The number of amides is 1. The number of hydrogen-bond acceptors (Lipinski definition) is 3. The van der Waals surface area contributed by atoms with Crippen molar-refractivity contribution in [3.05, 3.63) is 29.1 Å². The van der Waals surface area contributed by atoms with Gasteiger partial charge in [-0.15, -0.1) is 0 Å². The first-order valence-electron chi connectivity index (χ1n) is 6.14. The van der Waals surface area contributed by atoms with Crippen LogP contribution in [0.2, 0.25) is 0 Å². The second kappa shape index (κ2) is 4.97. The number of hydrogen-bond donors (Lipinski definition) is 2. The lowest BCUT2D eigenvalue weighted by molar-refractivity contribution is 0.0645. The molecule has 2 N–H and O–H groups in total. The number of piperazine rings is 1. The van der Waals surface area contributed by atoms with Gasteiger partial charge in [0.05, 0.1) is 5.56 Å². The lowest BCUT2D eigenvalue weighted by Crippen LogP contribution is -2.58. The van der Waals surface area contributed by atoms with Gasteiger partial charge in [-0.25, -0.2) is 8.78 Å². The molecular formula is C13H15F3N2O2. The Morgan fingerprint density at radius 2 is 2.00 bits per heavy atom. The zero-order valence-corrected chi connectivity index (χ0v) is 11.1. The highest BCUT2D eigenvalue weighted by molar-refractivity contribution is 5.95. The summed E-state index contributed by atoms with van der Waals surface area (Å²) < 4.78 is 39.9. The molecule has 0 aromatic heterocycles. The lowest BCUT2D eigenvalue weighted by Gasteiger charge is -2.39. The van der Waals surface area contributed by atoms with Gasteiger partial charge in [0.15, 0.2) is 17.4 Å². The van der Waals surface area contributed by atoms with Crippen molar-refractivity contribution in [3.63, 3.8) is 0 Å². The van der Waals surface area contributed by atoms with Crippen molar-refractivity contribution in [2.75, 3.05) is 19.6 Å². The van der Waals surface area contributed by atoms with Gasteiger partial charge in [-0.05, 0) is 19.9 Å². The third-order valence-electron chi connectivity index (χ3n) is 3.22. The van der Waals surface area contributed by atoms with E-state index in [4.69, 9.17) is 5.11 Å². The zero-order chi connectivity index (χ0) is 15.1. The Bertz CT molecular complexity index is 561. The average Bonchev–Trinajstić information content (AvgIpc) is 2.38. The van der Waals surface area contributed by atoms with Crippen molar-refractivity contribution >= 4 is 5.91 Å². The molecule has 110 valence electrons. The van der Waals surface area contributed by atoms with E-state index in [0.29, 0.717) is 25.7 Å². The third-order valence-corrected chi connectivity index (χ3v) is 3.22. The Morgan fingerprint density at radius 1 is 1.35 bits per heavy atom. The van der Waals surface area contributed by atoms with E-state index in [9.17, 15) is 18.0 Å². The van der Waals surface area contributed by atoms with Crippen LogP contribution in [0.25, 0.3) is 0 Å². The topological polar surface area (TPSA) is 52.6 Å². The number of aromatic hydroxyl groups is 1. The van der Waals surface area contributed by atoms with Gasteiger partial charge < -0.3 is 15.3 Å². The highest BCUT2D eigenvalue weighted by Gasteiger charge is 2.32. The van der Waals surface area contributed by atoms with Gasteiger partial charge >= 0.3 is 0 Å². The Labute approximate surface area is 114 Å². The maximum Gasteiger partial charge on any atom is 0.257 e. The van der Waals surface area contributed by atoms with Crippen LogP contribution in [0.4, 0.5) is 13.2 Å². The van der Waals surface area contributed by atoms with Gasteiger partial charge in [0.25, 0.3) is 5.91 Å². The molecule has 0 saturated carbocycles. The minimum Gasteiger partial charge on any atom is -0.503 e. The van der Waals surface area contributed by atoms with Crippen molar-refractivity contribution in [1.29, 1.82) is 0 Å². The number of nitrogens with zero attached hydrogens (tertiary/aromatic N) is 1. The van der Waals surface area contributed by atoms with E-state index in [0.717, 1.165) is 0 Å². The first-order valence-corrected chi connectivity index (χ1v) is 6.14. The third kappa shape index (κ3) is 2.58. The molecule has 0 unspecified atom stereocenters. The second-order valence-electron chi connectivity index (χ2n) is 5.42. The molecule has 1 saturated heterocycles. The minimum absolute atomic E-state index is 0.297. The minimum atomic E-state index is -1.69. The van der Waals surface area contributed by atoms with Crippen LogP contribution in [0.1, 0.15) is 24.2 Å². The molecule has 1 aromatic rings. The van der Waals surface area contributed by atoms with E-state index in [-0.39, 0.29) is 5.54 Å². The molecule has 1 aromatic carbocycles. The van der Waals surface area contributed by atoms with E-state index in [1.165, 1.54) is 4.90 Å². The maximum absolute atomic E-state index is 13.7. The van der Waals surface area contributed by atoms with Crippen LogP contribution < -0.4 is 5.32 Å². The van der Waals surface area contributed by atoms with Gasteiger partial charge in [0, 0.05) is 25.2 Å². The molecule has 1 aliphatic rings. The van der Waals surface area contributed by atoms with E-state index in [1.807, 2.05) is 13.8 Å². The molecule has 0 atom stereocenters. The quantitative estimate of drug-likeness (QED) is 0.772. The molecule has 4 nitrogen and oxygen atoms in total. The van der Waals surface area contributed by atoms with Gasteiger partial charge in [-0.1, -0.05) is 0 Å². The number of carbonyl (C=O) groups is 1. The molecule has 0 radical (unpaired) electrons. The molecule has 1 aliphatic heterocycles. The maximum atomic E-state index is 13.7. The Balaban J connectivity index is 2.35. The molecule has 1 amide bonds. The lowest BCUT2D eigenvalue weighted by atomic mass is 10.0. The fourth-order valence-corrected chi connectivity index (χ4v) is 2.23. The van der Waals surface area contributed by atoms with Gasteiger partial charge in [-0.3, -0.25) is 4.79 Å². The number of rotatable bonds is 1. The molecule has 20 heavy (non-hydrogen) atoms. The molecule has 0 bridgehead atoms. The van der Waals surface area contributed by atoms with Crippen molar-refractivity contribution in [2.24, 2.45) is 0 Å². The molecule has 0 spiro atoms. The molecule has 1 fully saturated rings. The summed E-state index contributed by atoms with van der Waals surface area (Å²) >= 11 is 0. The van der Waals surface area contributed by atoms with Crippen LogP contribution >= 0.6 is 0 Å². The molecular weight excluding hydrogens is 273 g/mol. The van der Waals surface area contributed by atoms with Crippen LogP contribution in [0, 0.1) is 17.5 Å². The van der Waals surface area contributed by atoms with Crippen LogP contribution in [0.3, 0.4) is 0 Å². The van der Waals surface area contributed by atoms with Crippen molar-refractivity contribution in [1.82, 2.24) is 10.2 Å². The van der Waals surface area contributed by atoms with Gasteiger partial charge in [0.1, 0.15) is 0 Å². The first-order chi connectivity index (χ1) is 9.23. The highest BCUT2D eigenvalue weighted by Crippen LogP contribution is 2.27. The summed E-state index contributed by atoms with van der Waals surface area (Å²) in [7, 11) is 0. The highest BCUT2D eigenvalue weighted by atomic mass is 19.2. The van der Waals surface area contributed by atoms with Crippen molar-refractivity contribution in [3.8, 4) is 5.75 Å². The summed E-state index contributed by atoms with van der Waals surface area (Å²) in [6.07, 6.45) is 0. The Hall–Kier alpha value is -1.76. The SMILES string of the molecule is CC1(C)CN(C(=O)c2cc(F)c(F)c(O)c2F)CCN1. The van der Waals surface area contributed by atoms with E-state index in [2.05, 4.69) is 5.32 Å². The summed E-state index contributed by atoms with van der Waals surface area (Å²) in [5.41, 5.74) is -1.02. The predicted molar refractivity (Wildman–Crippen MR) is 66.0 cm³/mol. The smallest absolute Gasteiger partial charge is 0.257 e. The van der Waals surface area contributed by atoms with Crippen LogP contribution in [0.15, 0.2) is 6.07 Å². The normalized spacial score (nSPS) is 18.1. The number of nitrogens with one attached hydrogen (secondary N) is 1. The fourth-order valence-electron chi connectivity index (χ4n) is 2.23. The number of halogens is 3. The largest absolute Gasteiger partial charge is 0.503 e.